The molecular weight excluding hydrogens is 204 g/mol. The van der Waals surface area contributed by atoms with Gasteiger partial charge >= 0.3 is 0 Å². The van der Waals surface area contributed by atoms with E-state index in [4.69, 9.17) is 0 Å². The monoisotopic (exact) mass is 230 g/mol. The molecule has 1 fully saturated rings. The average molecular weight is 230 g/mol. The topological polar surface area (TPSA) is 0 Å². The zero-order valence-electron chi connectivity index (χ0n) is 11.6. The first-order chi connectivity index (χ1) is 8.12. The highest BCUT2D eigenvalue weighted by Crippen LogP contribution is 2.36. The van der Waals surface area contributed by atoms with Crippen LogP contribution in [-0.4, -0.2) is 0 Å². The Morgan fingerprint density at radius 3 is 2.53 bits per heavy atom. The van der Waals surface area contributed by atoms with E-state index < -0.39 is 0 Å². The highest BCUT2D eigenvalue weighted by atomic mass is 14.3. The predicted octanol–water partition coefficient (Wildman–Crippen LogP) is 5.43. The summed E-state index contributed by atoms with van der Waals surface area (Å²) in [5, 5.41) is 0. The SMILES string of the molecule is CCC(C)(C)C1=C/C(=C\C2CCCCC2)C=C1. The van der Waals surface area contributed by atoms with Crippen molar-refractivity contribution in [3.63, 3.8) is 0 Å². The normalized spacial score (nSPS) is 24.4. The molecule has 0 nitrogen and oxygen atoms in total. The van der Waals surface area contributed by atoms with Gasteiger partial charge in [-0.25, -0.2) is 0 Å². The van der Waals surface area contributed by atoms with E-state index in [-0.39, 0.29) is 0 Å². The van der Waals surface area contributed by atoms with Crippen molar-refractivity contribution in [3.05, 3.63) is 35.5 Å². The summed E-state index contributed by atoms with van der Waals surface area (Å²) in [5.74, 6) is 0.837. The molecule has 94 valence electrons. The maximum Gasteiger partial charge on any atom is -0.0106 e. The molecule has 0 N–H and O–H groups in total. The van der Waals surface area contributed by atoms with E-state index in [1.807, 2.05) is 0 Å². The summed E-state index contributed by atoms with van der Waals surface area (Å²) in [6.07, 6.45) is 17.8. The van der Waals surface area contributed by atoms with Crippen LogP contribution in [0.3, 0.4) is 0 Å². The molecule has 2 aliphatic rings. The van der Waals surface area contributed by atoms with E-state index in [0.29, 0.717) is 5.41 Å². The van der Waals surface area contributed by atoms with Crippen LogP contribution in [0.15, 0.2) is 35.5 Å². The molecule has 0 amide bonds. The lowest BCUT2D eigenvalue weighted by molar-refractivity contribution is 0.418. The molecule has 0 radical (unpaired) electrons. The van der Waals surface area contributed by atoms with Gasteiger partial charge in [0.05, 0.1) is 0 Å². The molecule has 17 heavy (non-hydrogen) atoms. The molecule has 1 saturated carbocycles. The van der Waals surface area contributed by atoms with Gasteiger partial charge in [-0.05, 0) is 41.7 Å². The fourth-order valence-electron chi connectivity index (χ4n) is 2.76. The lowest BCUT2D eigenvalue weighted by atomic mass is 9.82. The van der Waals surface area contributed by atoms with Gasteiger partial charge in [-0.1, -0.05) is 64.3 Å². The Bertz CT molecular complexity index is 346. The van der Waals surface area contributed by atoms with Crippen LogP contribution in [0.25, 0.3) is 0 Å². The van der Waals surface area contributed by atoms with Crippen LogP contribution >= 0.6 is 0 Å². The molecule has 0 bridgehead atoms. The van der Waals surface area contributed by atoms with E-state index in [1.165, 1.54) is 49.7 Å². The molecule has 0 unspecified atom stereocenters. The first-order valence-corrected chi connectivity index (χ1v) is 7.24. The zero-order valence-corrected chi connectivity index (χ0v) is 11.6. The number of hydrogen-bond acceptors (Lipinski definition) is 0. The highest BCUT2D eigenvalue weighted by molar-refractivity contribution is 5.48. The summed E-state index contributed by atoms with van der Waals surface area (Å²) >= 11 is 0. The highest BCUT2D eigenvalue weighted by Gasteiger charge is 2.21. The largest absolute Gasteiger partial charge is 0.0741 e. The third-order valence-corrected chi connectivity index (χ3v) is 4.52. The van der Waals surface area contributed by atoms with Gasteiger partial charge in [0.15, 0.2) is 0 Å². The minimum atomic E-state index is 0.332. The predicted molar refractivity (Wildman–Crippen MR) is 76.0 cm³/mol. The number of allylic oxidation sites excluding steroid dienone is 6. The lowest BCUT2D eigenvalue weighted by Gasteiger charge is -2.23. The van der Waals surface area contributed by atoms with Crippen LogP contribution in [0.1, 0.15) is 59.3 Å². The van der Waals surface area contributed by atoms with Gasteiger partial charge in [-0.2, -0.15) is 0 Å². The van der Waals surface area contributed by atoms with E-state index in [9.17, 15) is 0 Å². The van der Waals surface area contributed by atoms with Crippen molar-refractivity contribution < 1.29 is 0 Å². The lowest BCUT2D eigenvalue weighted by Crippen LogP contribution is -2.10. The van der Waals surface area contributed by atoms with E-state index in [2.05, 4.69) is 45.1 Å². The van der Waals surface area contributed by atoms with Crippen LogP contribution in [0, 0.1) is 11.3 Å². The van der Waals surface area contributed by atoms with Crippen molar-refractivity contribution in [2.75, 3.05) is 0 Å². The fourth-order valence-corrected chi connectivity index (χ4v) is 2.76. The number of hydrogen-bond donors (Lipinski definition) is 0. The molecule has 0 atom stereocenters. The van der Waals surface area contributed by atoms with Gasteiger partial charge in [0.25, 0.3) is 0 Å². The molecule has 0 heteroatoms. The quantitative estimate of drug-likeness (QED) is 0.607. The Hall–Kier alpha value is -0.780. The Labute approximate surface area is 106 Å². The van der Waals surface area contributed by atoms with Crippen molar-refractivity contribution in [1.29, 1.82) is 0 Å². The van der Waals surface area contributed by atoms with Crippen molar-refractivity contribution in [2.24, 2.45) is 11.3 Å². The molecule has 0 aromatic rings. The fraction of sp³-hybridized carbons (Fsp3) is 0.647. The second-order valence-electron chi connectivity index (χ2n) is 6.24. The second-order valence-corrected chi connectivity index (χ2v) is 6.24. The van der Waals surface area contributed by atoms with Crippen molar-refractivity contribution in [3.8, 4) is 0 Å². The molecule has 0 heterocycles. The van der Waals surface area contributed by atoms with Crippen molar-refractivity contribution >= 4 is 0 Å². The summed E-state index contributed by atoms with van der Waals surface area (Å²) in [6.45, 7) is 6.96. The zero-order chi connectivity index (χ0) is 12.3. The van der Waals surface area contributed by atoms with Crippen molar-refractivity contribution in [1.82, 2.24) is 0 Å². The Kier molecular flexibility index (Phi) is 3.91. The first-order valence-electron chi connectivity index (χ1n) is 7.24. The smallest absolute Gasteiger partial charge is 0.0106 e. The molecule has 0 saturated heterocycles. The average Bonchev–Trinajstić information content (AvgIpc) is 2.80. The molecule has 0 aliphatic heterocycles. The third kappa shape index (κ3) is 3.12. The maximum absolute atomic E-state index is 2.51. The molecule has 2 aliphatic carbocycles. The van der Waals surface area contributed by atoms with Crippen LogP contribution < -0.4 is 0 Å². The van der Waals surface area contributed by atoms with Crippen LogP contribution in [0.5, 0.6) is 0 Å². The minimum Gasteiger partial charge on any atom is -0.0741 e. The number of rotatable bonds is 3. The third-order valence-electron chi connectivity index (χ3n) is 4.52. The van der Waals surface area contributed by atoms with Crippen molar-refractivity contribution in [2.45, 2.75) is 59.3 Å². The maximum atomic E-state index is 2.51. The standard InChI is InChI=1S/C17H26/c1-4-17(2,3)16-11-10-15(13-16)12-14-8-6-5-7-9-14/h10-14H,4-9H2,1-3H3/b15-12-. The van der Waals surface area contributed by atoms with Gasteiger partial charge in [0.1, 0.15) is 0 Å². The Morgan fingerprint density at radius 2 is 1.88 bits per heavy atom. The Balaban J connectivity index is 2.05. The van der Waals surface area contributed by atoms with Gasteiger partial charge in [-0.15, -0.1) is 0 Å². The molecule has 0 spiro atoms. The van der Waals surface area contributed by atoms with Crippen LogP contribution in [0.4, 0.5) is 0 Å². The van der Waals surface area contributed by atoms with E-state index in [0.717, 1.165) is 5.92 Å². The second kappa shape index (κ2) is 5.25. The first kappa shape index (κ1) is 12.7. The Morgan fingerprint density at radius 1 is 1.18 bits per heavy atom. The molecule has 0 aromatic carbocycles. The van der Waals surface area contributed by atoms with E-state index >= 15 is 0 Å². The van der Waals surface area contributed by atoms with E-state index in [1.54, 1.807) is 0 Å². The summed E-state index contributed by atoms with van der Waals surface area (Å²) in [4.78, 5) is 0. The summed E-state index contributed by atoms with van der Waals surface area (Å²) in [7, 11) is 0. The summed E-state index contributed by atoms with van der Waals surface area (Å²) < 4.78 is 0. The summed E-state index contributed by atoms with van der Waals surface area (Å²) in [5.41, 5.74) is 3.29. The van der Waals surface area contributed by atoms with Gasteiger partial charge < -0.3 is 0 Å². The van der Waals surface area contributed by atoms with Gasteiger partial charge in [0.2, 0.25) is 0 Å². The molecule has 2 rings (SSSR count). The minimum absolute atomic E-state index is 0.332. The molecular formula is C17H26. The summed E-state index contributed by atoms with van der Waals surface area (Å²) in [6, 6.07) is 0. The van der Waals surface area contributed by atoms with Crippen LogP contribution in [-0.2, 0) is 0 Å². The van der Waals surface area contributed by atoms with Gasteiger partial charge in [-0.3, -0.25) is 0 Å². The molecule has 0 aromatic heterocycles. The van der Waals surface area contributed by atoms with Crippen LogP contribution in [0.2, 0.25) is 0 Å². The van der Waals surface area contributed by atoms with Gasteiger partial charge in [0, 0.05) is 0 Å².